The summed E-state index contributed by atoms with van der Waals surface area (Å²) in [5, 5.41) is 3.36. The number of ether oxygens (including phenoxy) is 1. The summed E-state index contributed by atoms with van der Waals surface area (Å²) < 4.78 is 5.08. The number of hydrogen-bond acceptors (Lipinski definition) is 6. The van der Waals surface area contributed by atoms with Crippen molar-refractivity contribution in [3.8, 4) is 0 Å². The lowest BCUT2D eigenvalue weighted by molar-refractivity contribution is 0.105. The zero-order chi connectivity index (χ0) is 19.2. The van der Waals surface area contributed by atoms with Crippen LogP contribution in [0.25, 0.3) is 0 Å². The lowest BCUT2D eigenvalue weighted by Gasteiger charge is -2.34. The van der Waals surface area contributed by atoms with Crippen LogP contribution in [0.4, 0.5) is 22.1 Å². The Kier molecular flexibility index (Phi) is 6.11. The average molecular weight is 369 g/mol. The summed E-state index contributed by atoms with van der Waals surface area (Å²) in [5.74, 6) is 2.36. The molecule has 2 aromatic rings. The van der Waals surface area contributed by atoms with Crippen LogP contribution in [0, 0.1) is 6.92 Å². The van der Waals surface area contributed by atoms with E-state index in [1.54, 1.807) is 4.90 Å². The maximum Gasteiger partial charge on any atom is 0.409 e. The van der Waals surface area contributed by atoms with E-state index >= 15 is 0 Å². The number of carbonyl (C=O) groups excluding carboxylic acids is 1. The highest BCUT2D eigenvalue weighted by molar-refractivity contribution is 5.68. The molecule has 2 heterocycles. The van der Waals surface area contributed by atoms with Gasteiger partial charge in [-0.25, -0.2) is 14.8 Å². The Morgan fingerprint density at radius 1 is 1.11 bits per heavy atom. The van der Waals surface area contributed by atoms with Crippen molar-refractivity contribution < 1.29 is 9.53 Å². The number of benzene rings is 1. The zero-order valence-corrected chi connectivity index (χ0v) is 16.2. The zero-order valence-electron chi connectivity index (χ0n) is 16.2. The topological polar surface area (TPSA) is 70.6 Å². The molecule has 1 N–H and O–H groups in total. The molecule has 144 valence electrons. The lowest BCUT2D eigenvalue weighted by Crippen LogP contribution is -2.49. The summed E-state index contributed by atoms with van der Waals surface area (Å²) >= 11 is 0. The van der Waals surface area contributed by atoms with Gasteiger partial charge < -0.3 is 19.9 Å². The predicted octanol–water partition coefficient (Wildman–Crippen LogP) is 3.37. The van der Waals surface area contributed by atoms with Crippen molar-refractivity contribution in [1.82, 2.24) is 14.9 Å². The third-order valence-electron chi connectivity index (χ3n) is 4.59. The summed E-state index contributed by atoms with van der Waals surface area (Å²) in [6.07, 6.45) is 0.781. The third kappa shape index (κ3) is 4.87. The molecule has 0 atom stereocenters. The molecule has 1 fully saturated rings. The van der Waals surface area contributed by atoms with E-state index in [0.717, 1.165) is 36.8 Å². The van der Waals surface area contributed by atoms with Crippen LogP contribution < -0.4 is 10.2 Å². The van der Waals surface area contributed by atoms with Crippen LogP contribution in [0.2, 0.25) is 0 Å². The highest BCUT2D eigenvalue weighted by Gasteiger charge is 2.23. The molecule has 1 aliphatic rings. The van der Waals surface area contributed by atoms with Crippen LogP contribution in [-0.4, -0.2) is 53.7 Å². The molecular weight excluding hydrogens is 342 g/mol. The van der Waals surface area contributed by atoms with Crippen LogP contribution in [0.3, 0.4) is 0 Å². The normalized spacial score (nSPS) is 14.2. The maximum atomic E-state index is 11.8. The fourth-order valence-electron chi connectivity index (χ4n) is 3.08. The Morgan fingerprint density at radius 2 is 1.81 bits per heavy atom. The Labute approximate surface area is 160 Å². The molecule has 7 heteroatoms. The number of rotatable bonds is 5. The van der Waals surface area contributed by atoms with Crippen LogP contribution >= 0.6 is 0 Å². The molecule has 0 unspecified atom stereocenters. The minimum Gasteiger partial charge on any atom is -0.450 e. The van der Waals surface area contributed by atoms with Gasteiger partial charge in [-0.1, -0.05) is 19.1 Å². The number of piperazine rings is 1. The van der Waals surface area contributed by atoms with E-state index in [1.165, 1.54) is 5.56 Å². The maximum absolute atomic E-state index is 11.8. The van der Waals surface area contributed by atoms with Gasteiger partial charge in [-0.15, -0.1) is 0 Å². The van der Waals surface area contributed by atoms with E-state index in [9.17, 15) is 4.79 Å². The van der Waals surface area contributed by atoms with Crippen molar-refractivity contribution in [3.05, 3.63) is 41.7 Å². The largest absolute Gasteiger partial charge is 0.450 e. The van der Waals surface area contributed by atoms with Gasteiger partial charge in [-0.3, -0.25) is 0 Å². The third-order valence-corrected chi connectivity index (χ3v) is 4.59. The minimum atomic E-state index is -0.242. The average Bonchev–Trinajstić information content (AvgIpc) is 2.68. The summed E-state index contributed by atoms with van der Waals surface area (Å²) in [7, 11) is 0. The second kappa shape index (κ2) is 8.70. The number of aromatic nitrogens is 2. The van der Waals surface area contributed by atoms with Crippen molar-refractivity contribution >= 4 is 23.4 Å². The summed E-state index contributed by atoms with van der Waals surface area (Å²) in [6, 6.07) is 10.3. The molecule has 0 aliphatic carbocycles. The lowest BCUT2D eigenvalue weighted by atomic mass is 10.1. The second-order valence-corrected chi connectivity index (χ2v) is 6.51. The molecule has 0 spiro atoms. The van der Waals surface area contributed by atoms with Gasteiger partial charge in [0.15, 0.2) is 0 Å². The fourth-order valence-corrected chi connectivity index (χ4v) is 3.08. The second-order valence-electron chi connectivity index (χ2n) is 6.51. The SMILES string of the molecule is CCOC(=O)N1CCN(c2cc(Nc3ccc(CC)cc3)nc(C)n2)CC1. The first-order chi connectivity index (χ1) is 13.1. The number of carbonyl (C=O) groups is 1. The smallest absolute Gasteiger partial charge is 0.409 e. The molecule has 3 rings (SSSR count). The monoisotopic (exact) mass is 369 g/mol. The van der Waals surface area contributed by atoms with Crippen molar-refractivity contribution in [3.63, 3.8) is 0 Å². The minimum absolute atomic E-state index is 0.242. The van der Waals surface area contributed by atoms with E-state index in [4.69, 9.17) is 4.74 Å². The Balaban J connectivity index is 1.67. The number of aryl methyl sites for hydroxylation is 2. The van der Waals surface area contributed by atoms with E-state index in [1.807, 2.05) is 19.9 Å². The van der Waals surface area contributed by atoms with Crippen LogP contribution in [0.1, 0.15) is 25.2 Å². The van der Waals surface area contributed by atoms with Crippen molar-refractivity contribution in [1.29, 1.82) is 0 Å². The first kappa shape index (κ1) is 18.9. The Hall–Kier alpha value is -2.83. The van der Waals surface area contributed by atoms with Crippen LogP contribution in [-0.2, 0) is 11.2 Å². The first-order valence-electron chi connectivity index (χ1n) is 9.47. The fraction of sp³-hybridized carbons (Fsp3) is 0.450. The molecule has 0 radical (unpaired) electrons. The molecule has 1 aromatic heterocycles. The van der Waals surface area contributed by atoms with Gasteiger partial charge in [0, 0.05) is 37.9 Å². The standard InChI is InChI=1S/C20H27N5O2/c1-4-16-6-8-17(9-7-16)23-18-14-19(22-15(3)21-18)24-10-12-25(13-11-24)20(26)27-5-2/h6-9,14H,4-5,10-13H2,1-3H3,(H,21,22,23). The molecule has 1 aliphatic heterocycles. The number of amides is 1. The van der Waals surface area contributed by atoms with Crippen molar-refractivity contribution in [2.45, 2.75) is 27.2 Å². The van der Waals surface area contributed by atoms with E-state index in [0.29, 0.717) is 25.5 Å². The molecule has 7 nitrogen and oxygen atoms in total. The molecular formula is C20H27N5O2. The van der Waals surface area contributed by atoms with Gasteiger partial charge in [-0.05, 0) is 38.0 Å². The van der Waals surface area contributed by atoms with Gasteiger partial charge >= 0.3 is 6.09 Å². The Morgan fingerprint density at radius 3 is 2.44 bits per heavy atom. The van der Waals surface area contributed by atoms with Gasteiger partial charge in [0.1, 0.15) is 17.5 Å². The van der Waals surface area contributed by atoms with Crippen molar-refractivity contribution in [2.24, 2.45) is 0 Å². The Bertz CT molecular complexity index is 770. The van der Waals surface area contributed by atoms with E-state index in [-0.39, 0.29) is 6.09 Å². The first-order valence-corrected chi connectivity index (χ1v) is 9.47. The van der Waals surface area contributed by atoms with Gasteiger partial charge in [-0.2, -0.15) is 0 Å². The number of nitrogens with one attached hydrogen (secondary N) is 1. The van der Waals surface area contributed by atoms with Crippen LogP contribution in [0.15, 0.2) is 30.3 Å². The number of hydrogen-bond donors (Lipinski definition) is 1. The number of anilines is 3. The summed E-state index contributed by atoms with van der Waals surface area (Å²) in [5.41, 5.74) is 2.31. The molecule has 1 saturated heterocycles. The number of nitrogens with zero attached hydrogens (tertiary/aromatic N) is 4. The van der Waals surface area contributed by atoms with Gasteiger partial charge in [0.05, 0.1) is 6.61 Å². The highest BCUT2D eigenvalue weighted by Crippen LogP contribution is 2.21. The van der Waals surface area contributed by atoms with Gasteiger partial charge in [0.2, 0.25) is 0 Å². The van der Waals surface area contributed by atoms with E-state index < -0.39 is 0 Å². The molecule has 1 aromatic carbocycles. The molecule has 0 saturated carbocycles. The van der Waals surface area contributed by atoms with Crippen molar-refractivity contribution in [2.75, 3.05) is 43.0 Å². The quantitative estimate of drug-likeness (QED) is 0.871. The predicted molar refractivity (Wildman–Crippen MR) is 107 cm³/mol. The molecule has 0 bridgehead atoms. The van der Waals surface area contributed by atoms with E-state index in [2.05, 4.69) is 51.4 Å². The molecule has 27 heavy (non-hydrogen) atoms. The molecule has 1 amide bonds. The van der Waals surface area contributed by atoms with Crippen LogP contribution in [0.5, 0.6) is 0 Å². The van der Waals surface area contributed by atoms with Gasteiger partial charge in [0.25, 0.3) is 0 Å². The summed E-state index contributed by atoms with van der Waals surface area (Å²) in [4.78, 5) is 24.8. The highest BCUT2D eigenvalue weighted by atomic mass is 16.6. The summed E-state index contributed by atoms with van der Waals surface area (Å²) in [6.45, 7) is 8.96.